The van der Waals surface area contributed by atoms with Gasteiger partial charge in [-0.15, -0.1) is 0 Å². The molecule has 4 heteroatoms. The van der Waals surface area contributed by atoms with Crippen molar-refractivity contribution in [3.63, 3.8) is 0 Å². The van der Waals surface area contributed by atoms with Crippen LogP contribution in [0.15, 0.2) is 0 Å². The van der Waals surface area contributed by atoms with Crippen molar-refractivity contribution in [2.75, 3.05) is 0 Å². The van der Waals surface area contributed by atoms with Crippen LogP contribution in [0, 0.1) is 53.3 Å². The van der Waals surface area contributed by atoms with Gasteiger partial charge in [0, 0.05) is 0 Å². The lowest BCUT2D eigenvalue weighted by molar-refractivity contribution is -0.0763. The molecular formula is C30H58O3Si. The van der Waals surface area contributed by atoms with E-state index in [-0.39, 0.29) is 0 Å². The van der Waals surface area contributed by atoms with Crippen molar-refractivity contribution in [1.82, 2.24) is 0 Å². The first kappa shape index (κ1) is 28.7. The predicted molar refractivity (Wildman–Crippen MR) is 146 cm³/mol. The van der Waals surface area contributed by atoms with Crippen molar-refractivity contribution in [2.24, 2.45) is 53.3 Å². The maximum Gasteiger partial charge on any atom is 0.484 e. The van der Waals surface area contributed by atoms with E-state index in [9.17, 15) is 0 Å². The van der Waals surface area contributed by atoms with Crippen molar-refractivity contribution < 1.29 is 13.3 Å². The second-order valence-electron chi connectivity index (χ2n) is 13.8. The van der Waals surface area contributed by atoms with Crippen LogP contribution in [0.5, 0.6) is 0 Å². The molecule has 0 bridgehead atoms. The number of hydrogen-bond donors (Lipinski definition) is 0. The van der Waals surface area contributed by atoms with Gasteiger partial charge in [0.2, 0.25) is 0 Å². The van der Waals surface area contributed by atoms with E-state index >= 15 is 0 Å². The quantitative estimate of drug-likeness (QED) is 0.303. The van der Waals surface area contributed by atoms with Gasteiger partial charge in [0.05, 0.1) is 18.3 Å². The van der Waals surface area contributed by atoms with E-state index in [0.29, 0.717) is 53.8 Å². The lowest BCUT2D eigenvalue weighted by atomic mass is 9.75. The summed E-state index contributed by atoms with van der Waals surface area (Å²) in [7, 11) is -2.27. The smallest absolute Gasteiger partial charge is 0.372 e. The topological polar surface area (TPSA) is 27.7 Å². The second-order valence-corrected chi connectivity index (χ2v) is 15.2. The molecule has 0 aromatic heterocycles. The van der Waals surface area contributed by atoms with Gasteiger partial charge in [0.25, 0.3) is 0 Å². The van der Waals surface area contributed by atoms with Gasteiger partial charge in [-0.25, -0.2) is 0 Å². The molecule has 0 spiro atoms. The Morgan fingerprint density at radius 3 is 0.971 bits per heavy atom. The van der Waals surface area contributed by atoms with Gasteiger partial charge < -0.3 is 13.3 Å². The van der Waals surface area contributed by atoms with Crippen LogP contribution >= 0.6 is 0 Å². The van der Waals surface area contributed by atoms with Gasteiger partial charge in [-0.1, -0.05) is 81.6 Å². The second kappa shape index (κ2) is 13.1. The zero-order valence-corrected chi connectivity index (χ0v) is 25.2. The van der Waals surface area contributed by atoms with Gasteiger partial charge in [0.1, 0.15) is 0 Å². The molecule has 34 heavy (non-hydrogen) atoms. The summed E-state index contributed by atoms with van der Waals surface area (Å²) in [6.07, 6.45) is 12.3. The first-order valence-corrected chi connectivity index (χ1v) is 16.4. The first-order chi connectivity index (χ1) is 16.0. The summed E-state index contributed by atoms with van der Waals surface area (Å²) >= 11 is 0. The summed E-state index contributed by atoms with van der Waals surface area (Å²) < 4.78 is 21.2. The molecule has 9 atom stereocenters. The molecule has 0 heterocycles. The monoisotopic (exact) mass is 494 g/mol. The Balaban J connectivity index is 1.81. The van der Waals surface area contributed by atoms with Gasteiger partial charge >= 0.3 is 9.53 Å². The summed E-state index contributed by atoms with van der Waals surface area (Å²) in [6, 6.07) is 0. The van der Waals surface area contributed by atoms with E-state index in [4.69, 9.17) is 13.3 Å². The molecule has 200 valence electrons. The van der Waals surface area contributed by atoms with Crippen LogP contribution < -0.4 is 0 Å². The van der Waals surface area contributed by atoms with Crippen molar-refractivity contribution in [1.29, 1.82) is 0 Å². The molecule has 0 aromatic rings. The Labute approximate surface area is 214 Å². The summed E-state index contributed by atoms with van der Waals surface area (Å²) in [5.41, 5.74) is 0. The summed E-state index contributed by atoms with van der Waals surface area (Å²) in [4.78, 5) is 0. The highest BCUT2D eigenvalue weighted by Gasteiger charge is 2.41. The Bertz CT molecular complexity index is 513. The highest BCUT2D eigenvalue weighted by molar-refractivity contribution is 6.36. The van der Waals surface area contributed by atoms with Gasteiger partial charge in [-0.05, 0) is 91.8 Å². The standard InChI is InChI=1S/C30H58O3Si/c1-19(2)25-13-10-22(7)16-28(25)31-34(32-29-17-23(8)11-14-26(29)20(3)4)33-30-18-24(9)12-15-27(30)21(5)6/h19-30,34H,10-18H2,1-9H3. The fourth-order valence-electron chi connectivity index (χ4n) is 7.34. The number of rotatable bonds is 9. The largest absolute Gasteiger partial charge is 0.484 e. The molecule has 3 fully saturated rings. The maximum atomic E-state index is 7.06. The normalized spacial score (nSPS) is 40.8. The molecule has 0 aromatic carbocycles. The van der Waals surface area contributed by atoms with Crippen LogP contribution in [-0.2, 0) is 13.3 Å². The summed E-state index contributed by atoms with van der Waals surface area (Å²) in [5.74, 6) is 6.10. The zero-order chi connectivity index (χ0) is 25.0. The molecule has 0 amide bonds. The molecule has 3 nitrogen and oxygen atoms in total. The molecule has 0 radical (unpaired) electrons. The minimum Gasteiger partial charge on any atom is -0.372 e. The van der Waals surface area contributed by atoms with Crippen LogP contribution in [0.4, 0.5) is 0 Å². The van der Waals surface area contributed by atoms with Crippen molar-refractivity contribution >= 4 is 9.53 Å². The maximum absolute atomic E-state index is 7.06. The highest BCUT2D eigenvalue weighted by atomic mass is 28.3. The van der Waals surface area contributed by atoms with Crippen LogP contribution in [0.2, 0.25) is 0 Å². The predicted octanol–water partition coefficient (Wildman–Crippen LogP) is 8.14. The van der Waals surface area contributed by atoms with E-state index in [1.807, 2.05) is 0 Å². The van der Waals surface area contributed by atoms with E-state index in [2.05, 4.69) is 62.3 Å². The lowest BCUT2D eigenvalue weighted by Crippen LogP contribution is -2.48. The number of hydrogen-bond acceptors (Lipinski definition) is 3. The molecular weight excluding hydrogens is 436 g/mol. The van der Waals surface area contributed by atoms with Gasteiger partial charge in [-0.2, -0.15) is 0 Å². The molecule has 0 aliphatic heterocycles. The molecule has 0 saturated heterocycles. The average molecular weight is 495 g/mol. The molecule has 9 unspecified atom stereocenters. The van der Waals surface area contributed by atoms with Crippen molar-refractivity contribution in [3.8, 4) is 0 Å². The molecule has 3 rings (SSSR count). The lowest BCUT2D eigenvalue weighted by Gasteiger charge is -2.44. The van der Waals surface area contributed by atoms with Gasteiger partial charge in [-0.3, -0.25) is 0 Å². The van der Waals surface area contributed by atoms with Crippen molar-refractivity contribution in [3.05, 3.63) is 0 Å². The average Bonchev–Trinajstić information content (AvgIpc) is 2.73. The Kier molecular flexibility index (Phi) is 11.0. The first-order valence-electron chi connectivity index (χ1n) is 15.0. The third-order valence-corrected chi connectivity index (χ3v) is 11.5. The molecule has 0 N–H and O–H groups in total. The third kappa shape index (κ3) is 7.80. The minimum atomic E-state index is -2.27. The van der Waals surface area contributed by atoms with Crippen LogP contribution in [0.1, 0.15) is 120 Å². The summed E-state index contributed by atoms with van der Waals surface area (Å²) in [5, 5.41) is 0. The van der Waals surface area contributed by atoms with E-state index in [1.54, 1.807) is 0 Å². The van der Waals surface area contributed by atoms with E-state index in [0.717, 1.165) is 17.8 Å². The van der Waals surface area contributed by atoms with Crippen molar-refractivity contribution in [2.45, 2.75) is 138 Å². The van der Waals surface area contributed by atoms with Crippen LogP contribution in [0.25, 0.3) is 0 Å². The SMILES string of the molecule is CC1CCC(C(C)C)C(O[SiH](OC2CC(C)CCC2C(C)C)OC2CC(C)CCC2C(C)C)C1. The molecule has 3 aliphatic rings. The van der Waals surface area contributed by atoms with Crippen LogP contribution in [-0.4, -0.2) is 27.8 Å². The molecule has 3 aliphatic carbocycles. The molecule has 3 saturated carbocycles. The fourth-order valence-corrected chi connectivity index (χ4v) is 9.33. The van der Waals surface area contributed by atoms with Gasteiger partial charge in [0.15, 0.2) is 0 Å². The summed E-state index contributed by atoms with van der Waals surface area (Å²) in [6.45, 7) is 21.5. The zero-order valence-electron chi connectivity index (χ0n) is 24.1. The van der Waals surface area contributed by atoms with E-state index < -0.39 is 9.53 Å². The van der Waals surface area contributed by atoms with Crippen LogP contribution in [0.3, 0.4) is 0 Å². The Morgan fingerprint density at radius 1 is 0.471 bits per heavy atom. The highest BCUT2D eigenvalue weighted by Crippen LogP contribution is 2.40. The minimum absolute atomic E-state index is 0.303. The van der Waals surface area contributed by atoms with E-state index in [1.165, 1.54) is 57.8 Å². The third-order valence-electron chi connectivity index (χ3n) is 9.74. The Morgan fingerprint density at radius 2 is 0.735 bits per heavy atom. The fraction of sp³-hybridized carbons (Fsp3) is 1.00. The Hall–Kier alpha value is 0.0969.